The molecule has 0 atom stereocenters. The quantitative estimate of drug-likeness (QED) is 0.873. The predicted molar refractivity (Wildman–Crippen MR) is 81.9 cm³/mol. The lowest BCUT2D eigenvalue weighted by molar-refractivity contribution is 0.299. The van der Waals surface area contributed by atoms with Crippen LogP contribution in [0.15, 0.2) is 36.4 Å². The maximum atomic E-state index is 5.85. The average molecular weight is 270 g/mol. The fourth-order valence-electron chi connectivity index (χ4n) is 2.07. The summed E-state index contributed by atoms with van der Waals surface area (Å²) in [5.74, 6) is 0.925. The van der Waals surface area contributed by atoms with Crippen LogP contribution in [0.3, 0.4) is 0 Å². The molecule has 0 aliphatic heterocycles. The summed E-state index contributed by atoms with van der Waals surface area (Å²) in [5, 5.41) is 3.28. The number of rotatable bonds is 6. The Hall–Kier alpha value is -1.87. The first-order valence-electron chi connectivity index (χ1n) is 7.04. The predicted octanol–water partition coefficient (Wildman–Crippen LogP) is 3.39. The maximum absolute atomic E-state index is 5.85. The van der Waals surface area contributed by atoms with E-state index in [9.17, 15) is 0 Å². The van der Waals surface area contributed by atoms with Crippen LogP contribution in [0.5, 0.6) is 5.75 Å². The van der Waals surface area contributed by atoms with Crippen molar-refractivity contribution in [3.63, 3.8) is 0 Å². The number of nitrogens with one attached hydrogen (secondary N) is 1. The molecule has 0 bridgehead atoms. The number of hydrogen-bond donors (Lipinski definition) is 1. The molecule has 2 rings (SSSR count). The lowest BCUT2D eigenvalue weighted by Gasteiger charge is -2.10. The zero-order chi connectivity index (χ0) is 14.4. The highest BCUT2D eigenvalue weighted by Crippen LogP contribution is 2.19. The van der Waals surface area contributed by atoms with Gasteiger partial charge in [-0.05, 0) is 44.2 Å². The molecule has 0 unspecified atom stereocenters. The van der Waals surface area contributed by atoms with Crippen molar-refractivity contribution < 1.29 is 4.74 Å². The molecule has 1 heterocycles. The molecule has 0 aliphatic rings. The third-order valence-corrected chi connectivity index (χ3v) is 3.13. The maximum Gasteiger partial charge on any atom is 0.130 e. The molecule has 0 aliphatic carbocycles. The molecule has 1 aromatic carbocycles. The normalized spacial score (nSPS) is 10.6. The van der Waals surface area contributed by atoms with Gasteiger partial charge in [-0.3, -0.25) is 4.98 Å². The summed E-state index contributed by atoms with van der Waals surface area (Å²) in [5.41, 5.74) is 4.42. The zero-order valence-electron chi connectivity index (χ0n) is 12.4. The summed E-state index contributed by atoms with van der Waals surface area (Å²) < 4.78 is 5.85. The fourth-order valence-corrected chi connectivity index (χ4v) is 2.07. The van der Waals surface area contributed by atoms with Crippen LogP contribution in [-0.4, -0.2) is 11.5 Å². The number of aromatic nitrogens is 1. The van der Waals surface area contributed by atoms with Crippen molar-refractivity contribution in [2.45, 2.75) is 33.9 Å². The second kappa shape index (κ2) is 7.06. The standard InChI is InChI=1S/C17H22N2O/c1-4-18-11-15-6-5-7-16(19-15)12-20-17-9-8-13(2)10-14(17)3/h5-10,18H,4,11-12H2,1-3H3. The van der Waals surface area contributed by atoms with Crippen LogP contribution in [0.2, 0.25) is 0 Å². The van der Waals surface area contributed by atoms with Gasteiger partial charge in [0.05, 0.1) is 11.4 Å². The van der Waals surface area contributed by atoms with E-state index in [0.29, 0.717) is 6.61 Å². The Kier molecular flexibility index (Phi) is 5.13. The highest BCUT2D eigenvalue weighted by Gasteiger charge is 2.02. The van der Waals surface area contributed by atoms with Gasteiger partial charge in [0.1, 0.15) is 12.4 Å². The van der Waals surface area contributed by atoms with Crippen LogP contribution < -0.4 is 10.1 Å². The lowest BCUT2D eigenvalue weighted by Crippen LogP contribution is -2.13. The van der Waals surface area contributed by atoms with Crippen LogP contribution in [0.4, 0.5) is 0 Å². The molecule has 20 heavy (non-hydrogen) atoms. The minimum absolute atomic E-state index is 0.504. The highest BCUT2D eigenvalue weighted by molar-refractivity contribution is 5.35. The van der Waals surface area contributed by atoms with Crippen LogP contribution >= 0.6 is 0 Å². The van der Waals surface area contributed by atoms with Crippen LogP contribution in [0.1, 0.15) is 29.4 Å². The Morgan fingerprint density at radius 3 is 2.65 bits per heavy atom. The summed E-state index contributed by atoms with van der Waals surface area (Å²) in [6, 6.07) is 12.3. The van der Waals surface area contributed by atoms with Crippen molar-refractivity contribution in [1.82, 2.24) is 10.3 Å². The van der Waals surface area contributed by atoms with E-state index in [1.165, 1.54) is 5.56 Å². The Bertz CT molecular complexity index is 567. The van der Waals surface area contributed by atoms with E-state index in [2.05, 4.69) is 43.2 Å². The van der Waals surface area contributed by atoms with Gasteiger partial charge in [-0.25, -0.2) is 0 Å². The largest absolute Gasteiger partial charge is 0.487 e. The Labute approximate surface area is 121 Å². The Balaban J connectivity index is 1.99. The molecule has 2 aromatic rings. The van der Waals surface area contributed by atoms with Crippen molar-refractivity contribution in [1.29, 1.82) is 0 Å². The summed E-state index contributed by atoms with van der Waals surface area (Å²) >= 11 is 0. The molecule has 0 saturated carbocycles. The van der Waals surface area contributed by atoms with Gasteiger partial charge in [0, 0.05) is 6.54 Å². The Morgan fingerprint density at radius 1 is 1.10 bits per heavy atom. The van der Waals surface area contributed by atoms with E-state index in [1.54, 1.807) is 0 Å². The molecule has 3 nitrogen and oxygen atoms in total. The van der Waals surface area contributed by atoms with E-state index in [0.717, 1.165) is 35.8 Å². The van der Waals surface area contributed by atoms with Crippen molar-refractivity contribution in [3.8, 4) is 5.75 Å². The molecule has 0 spiro atoms. The van der Waals surface area contributed by atoms with Gasteiger partial charge in [0.15, 0.2) is 0 Å². The molecule has 0 amide bonds. The Morgan fingerprint density at radius 2 is 1.90 bits per heavy atom. The van der Waals surface area contributed by atoms with Crippen molar-refractivity contribution in [2.24, 2.45) is 0 Å². The molecule has 106 valence electrons. The number of ether oxygens (including phenoxy) is 1. The third kappa shape index (κ3) is 4.07. The van der Waals surface area contributed by atoms with Gasteiger partial charge in [-0.15, -0.1) is 0 Å². The van der Waals surface area contributed by atoms with Gasteiger partial charge in [0.2, 0.25) is 0 Å². The number of hydrogen-bond acceptors (Lipinski definition) is 3. The van der Waals surface area contributed by atoms with Crippen molar-refractivity contribution >= 4 is 0 Å². The first-order valence-corrected chi connectivity index (χ1v) is 7.04. The van der Waals surface area contributed by atoms with Crippen LogP contribution in [-0.2, 0) is 13.2 Å². The minimum Gasteiger partial charge on any atom is -0.487 e. The molecule has 3 heteroatoms. The first kappa shape index (κ1) is 14.5. The molecule has 0 radical (unpaired) electrons. The molecular weight excluding hydrogens is 248 g/mol. The topological polar surface area (TPSA) is 34.1 Å². The van der Waals surface area contributed by atoms with Crippen molar-refractivity contribution in [2.75, 3.05) is 6.54 Å². The summed E-state index contributed by atoms with van der Waals surface area (Å²) in [6.07, 6.45) is 0. The minimum atomic E-state index is 0.504. The number of pyridine rings is 1. The van der Waals surface area contributed by atoms with Gasteiger partial charge in [0.25, 0.3) is 0 Å². The monoisotopic (exact) mass is 270 g/mol. The van der Waals surface area contributed by atoms with Gasteiger partial charge >= 0.3 is 0 Å². The zero-order valence-corrected chi connectivity index (χ0v) is 12.4. The second-order valence-electron chi connectivity index (χ2n) is 4.96. The molecule has 0 fully saturated rings. The van der Waals surface area contributed by atoms with Gasteiger partial charge < -0.3 is 10.1 Å². The van der Waals surface area contributed by atoms with Crippen molar-refractivity contribution in [3.05, 3.63) is 58.9 Å². The van der Waals surface area contributed by atoms with E-state index in [-0.39, 0.29) is 0 Å². The third-order valence-electron chi connectivity index (χ3n) is 3.13. The lowest BCUT2D eigenvalue weighted by atomic mass is 10.1. The van der Waals surface area contributed by atoms with E-state index in [1.807, 2.05) is 24.3 Å². The summed E-state index contributed by atoms with van der Waals surface area (Å²) in [7, 11) is 0. The second-order valence-corrected chi connectivity index (χ2v) is 4.96. The van der Waals surface area contributed by atoms with E-state index in [4.69, 9.17) is 4.74 Å². The fraction of sp³-hybridized carbons (Fsp3) is 0.353. The van der Waals surface area contributed by atoms with E-state index >= 15 is 0 Å². The van der Waals surface area contributed by atoms with Crippen LogP contribution in [0, 0.1) is 13.8 Å². The first-order chi connectivity index (χ1) is 9.69. The summed E-state index contributed by atoms with van der Waals surface area (Å²) in [4.78, 5) is 4.59. The van der Waals surface area contributed by atoms with Gasteiger partial charge in [-0.1, -0.05) is 30.7 Å². The molecule has 1 N–H and O–H groups in total. The number of benzene rings is 1. The van der Waals surface area contributed by atoms with E-state index < -0.39 is 0 Å². The van der Waals surface area contributed by atoms with Gasteiger partial charge in [-0.2, -0.15) is 0 Å². The average Bonchev–Trinajstić information content (AvgIpc) is 2.45. The number of nitrogens with zero attached hydrogens (tertiary/aromatic N) is 1. The molecular formula is C17H22N2O. The molecule has 0 saturated heterocycles. The number of aryl methyl sites for hydroxylation is 2. The molecule has 1 aromatic heterocycles. The highest BCUT2D eigenvalue weighted by atomic mass is 16.5. The SMILES string of the molecule is CCNCc1cccc(COc2ccc(C)cc2C)n1. The summed E-state index contributed by atoms with van der Waals surface area (Å²) in [6.45, 7) is 8.50. The smallest absolute Gasteiger partial charge is 0.130 e. The van der Waals surface area contributed by atoms with Crippen LogP contribution in [0.25, 0.3) is 0 Å².